The number of esters is 1. The number of non-ortho nitro benzene ring substituents is 1. The van der Waals surface area contributed by atoms with Gasteiger partial charge in [0.2, 0.25) is 0 Å². The van der Waals surface area contributed by atoms with Crippen LogP contribution in [0.5, 0.6) is 5.75 Å². The maximum Gasteiger partial charge on any atom is 0.337 e. The zero-order chi connectivity index (χ0) is 25.3. The molecule has 1 heterocycles. The Kier molecular flexibility index (Phi) is 6.73. The van der Waals surface area contributed by atoms with E-state index in [4.69, 9.17) is 9.47 Å². The van der Waals surface area contributed by atoms with Crippen molar-refractivity contribution in [3.8, 4) is 5.75 Å². The van der Waals surface area contributed by atoms with Crippen LogP contribution in [0.4, 0.5) is 5.69 Å². The molecule has 2 aromatic carbocycles. The second-order valence-electron chi connectivity index (χ2n) is 9.09. The molecule has 0 aromatic heterocycles. The number of nitrogens with one attached hydrogen (secondary N) is 1. The van der Waals surface area contributed by atoms with Crippen molar-refractivity contribution in [3.63, 3.8) is 0 Å². The maximum atomic E-state index is 13.6. The number of methoxy groups -OCH3 is 1. The summed E-state index contributed by atoms with van der Waals surface area (Å²) in [7, 11) is 1.61. The van der Waals surface area contributed by atoms with Crippen LogP contribution in [-0.2, 0) is 14.3 Å². The molecule has 2 aromatic rings. The van der Waals surface area contributed by atoms with Gasteiger partial charge in [0.15, 0.2) is 5.78 Å². The van der Waals surface area contributed by atoms with Gasteiger partial charge in [0.25, 0.3) is 5.69 Å². The highest BCUT2D eigenvalue weighted by molar-refractivity contribution is 6.04. The lowest BCUT2D eigenvalue weighted by Crippen LogP contribution is -2.36. The minimum atomic E-state index is -0.664. The van der Waals surface area contributed by atoms with Crippen LogP contribution in [0, 0.1) is 10.1 Å². The molecule has 182 valence electrons. The fraction of sp³-hybridized carbons (Fsp3) is 0.333. The molecule has 0 bridgehead atoms. The molecule has 1 aliphatic heterocycles. The summed E-state index contributed by atoms with van der Waals surface area (Å²) in [5.41, 5.74) is 3.86. The molecule has 0 amide bonds. The summed E-state index contributed by atoms with van der Waals surface area (Å²) in [6.45, 7) is 5.32. The molecular weight excluding hydrogens is 448 g/mol. The highest BCUT2D eigenvalue weighted by Gasteiger charge is 2.41. The van der Waals surface area contributed by atoms with Crippen molar-refractivity contribution in [2.75, 3.05) is 7.11 Å². The average Bonchev–Trinajstić information content (AvgIpc) is 2.82. The number of carbonyl (C=O) groups is 2. The van der Waals surface area contributed by atoms with Crippen LogP contribution in [0.3, 0.4) is 0 Å². The first kappa shape index (κ1) is 24.2. The standard InChI is InChI=1S/C27H28N2O6/c1-15(2)35-27(31)24-16(3)28-22-13-19(17-7-11-21(34-4)12-8-17)14-23(30)26(22)25(24)18-5-9-20(10-6-18)29(32)33/h5-12,15,19,25,28H,13-14H2,1-4H3. The molecule has 8 heteroatoms. The Balaban J connectivity index is 1.77. The highest BCUT2D eigenvalue weighted by Crippen LogP contribution is 2.46. The third-order valence-corrected chi connectivity index (χ3v) is 6.41. The van der Waals surface area contributed by atoms with Gasteiger partial charge in [-0.3, -0.25) is 14.9 Å². The highest BCUT2D eigenvalue weighted by atomic mass is 16.6. The molecule has 0 saturated heterocycles. The average molecular weight is 477 g/mol. The van der Waals surface area contributed by atoms with Crippen LogP contribution in [0.2, 0.25) is 0 Å². The molecule has 0 spiro atoms. The number of Topliss-reactive ketones (excluding diaryl/α,β-unsaturated/α-hetero) is 1. The van der Waals surface area contributed by atoms with E-state index in [1.807, 2.05) is 24.3 Å². The zero-order valence-electron chi connectivity index (χ0n) is 20.2. The molecular formula is C27H28N2O6. The number of ketones is 1. The predicted octanol–water partition coefficient (Wildman–Crippen LogP) is 4.92. The predicted molar refractivity (Wildman–Crippen MR) is 130 cm³/mol. The largest absolute Gasteiger partial charge is 0.497 e. The van der Waals surface area contributed by atoms with Gasteiger partial charge in [0.05, 0.1) is 23.7 Å². The number of nitro benzene ring substituents is 1. The second kappa shape index (κ2) is 9.74. The van der Waals surface area contributed by atoms with E-state index in [1.54, 1.807) is 40.0 Å². The minimum absolute atomic E-state index is 0.0193. The van der Waals surface area contributed by atoms with Crippen LogP contribution >= 0.6 is 0 Å². The van der Waals surface area contributed by atoms with Crippen LogP contribution < -0.4 is 10.1 Å². The third kappa shape index (κ3) is 4.82. The lowest BCUT2D eigenvalue weighted by molar-refractivity contribution is -0.384. The van der Waals surface area contributed by atoms with E-state index >= 15 is 0 Å². The monoisotopic (exact) mass is 476 g/mol. The van der Waals surface area contributed by atoms with E-state index in [1.165, 1.54) is 12.1 Å². The molecule has 0 radical (unpaired) electrons. The first-order chi connectivity index (χ1) is 16.7. The Hall–Kier alpha value is -3.94. The van der Waals surface area contributed by atoms with Crippen molar-refractivity contribution in [2.45, 2.75) is 51.6 Å². The Morgan fingerprint density at radius 1 is 1.06 bits per heavy atom. The van der Waals surface area contributed by atoms with E-state index < -0.39 is 16.8 Å². The van der Waals surface area contributed by atoms with Gasteiger partial charge in [0.1, 0.15) is 5.75 Å². The molecule has 2 unspecified atom stereocenters. The van der Waals surface area contributed by atoms with Crippen molar-refractivity contribution in [1.82, 2.24) is 5.32 Å². The summed E-state index contributed by atoms with van der Waals surface area (Å²) in [5.74, 6) is -0.510. The Morgan fingerprint density at radius 2 is 1.69 bits per heavy atom. The van der Waals surface area contributed by atoms with E-state index in [9.17, 15) is 19.7 Å². The summed E-state index contributed by atoms with van der Waals surface area (Å²) in [6.07, 6.45) is 0.556. The van der Waals surface area contributed by atoms with Gasteiger partial charge in [-0.1, -0.05) is 24.3 Å². The van der Waals surface area contributed by atoms with Gasteiger partial charge in [-0.15, -0.1) is 0 Å². The lowest BCUT2D eigenvalue weighted by atomic mass is 9.71. The third-order valence-electron chi connectivity index (χ3n) is 6.41. The zero-order valence-corrected chi connectivity index (χ0v) is 20.2. The Bertz CT molecular complexity index is 1230. The maximum absolute atomic E-state index is 13.6. The van der Waals surface area contributed by atoms with E-state index in [0.29, 0.717) is 35.2 Å². The molecule has 35 heavy (non-hydrogen) atoms. The number of nitro groups is 1. The molecule has 1 N–H and O–H groups in total. The number of carbonyl (C=O) groups excluding carboxylic acids is 2. The van der Waals surface area contributed by atoms with E-state index in [-0.39, 0.29) is 23.5 Å². The topological polar surface area (TPSA) is 108 Å². The van der Waals surface area contributed by atoms with Crippen molar-refractivity contribution < 1.29 is 24.0 Å². The van der Waals surface area contributed by atoms with E-state index in [0.717, 1.165) is 17.0 Å². The first-order valence-corrected chi connectivity index (χ1v) is 11.5. The fourth-order valence-electron chi connectivity index (χ4n) is 4.82. The Morgan fingerprint density at radius 3 is 2.26 bits per heavy atom. The number of rotatable bonds is 6. The van der Waals surface area contributed by atoms with Gasteiger partial charge < -0.3 is 14.8 Å². The SMILES string of the molecule is COc1ccc(C2CC(=O)C3=C(C2)NC(C)=C(C(=O)OC(C)C)C3c2ccc([N+](=O)[O-])cc2)cc1. The van der Waals surface area contributed by atoms with Gasteiger partial charge in [-0.2, -0.15) is 0 Å². The molecule has 4 rings (SSSR count). The molecule has 1 aliphatic carbocycles. The minimum Gasteiger partial charge on any atom is -0.497 e. The summed E-state index contributed by atoms with van der Waals surface area (Å²) in [5, 5.41) is 14.5. The van der Waals surface area contributed by atoms with Gasteiger partial charge in [-0.05, 0) is 56.4 Å². The number of dihydropyridines is 1. The molecule has 0 fully saturated rings. The second-order valence-corrected chi connectivity index (χ2v) is 9.09. The summed E-state index contributed by atoms with van der Waals surface area (Å²) >= 11 is 0. The smallest absolute Gasteiger partial charge is 0.337 e. The lowest BCUT2D eigenvalue weighted by Gasteiger charge is -2.37. The van der Waals surface area contributed by atoms with Crippen molar-refractivity contribution in [1.29, 1.82) is 0 Å². The number of ether oxygens (including phenoxy) is 2. The van der Waals surface area contributed by atoms with Gasteiger partial charge >= 0.3 is 5.97 Å². The number of nitrogens with zero attached hydrogens (tertiary/aromatic N) is 1. The van der Waals surface area contributed by atoms with Crippen LogP contribution in [0.1, 0.15) is 56.6 Å². The number of benzene rings is 2. The fourth-order valence-corrected chi connectivity index (χ4v) is 4.82. The van der Waals surface area contributed by atoms with Crippen molar-refractivity contribution in [3.05, 3.63) is 92.3 Å². The molecule has 2 aliphatic rings. The normalized spacial score (nSPS) is 19.9. The van der Waals surface area contributed by atoms with Gasteiger partial charge in [-0.25, -0.2) is 4.79 Å². The summed E-state index contributed by atoms with van der Waals surface area (Å²) < 4.78 is 10.8. The quantitative estimate of drug-likeness (QED) is 0.358. The first-order valence-electron chi connectivity index (χ1n) is 11.5. The van der Waals surface area contributed by atoms with Crippen molar-refractivity contribution >= 4 is 17.4 Å². The summed E-state index contributed by atoms with van der Waals surface area (Å²) in [4.78, 5) is 37.4. The van der Waals surface area contributed by atoms with E-state index in [2.05, 4.69) is 5.32 Å². The number of hydrogen-bond donors (Lipinski definition) is 1. The van der Waals surface area contributed by atoms with Gasteiger partial charge in [0, 0.05) is 41.4 Å². The Labute approximate surface area is 203 Å². The van der Waals surface area contributed by atoms with Crippen molar-refractivity contribution in [2.24, 2.45) is 0 Å². The molecule has 8 nitrogen and oxygen atoms in total. The number of hydrogen-bond acceptors (Lipinski definition) is 7. The number of allylic oxidation sites excluding steroid dienone is 3. The van der Waals surface area contributed by atoms with Crippen LogP contribution in [0.25, 0.3) is 0 Å². The summed E-state index contributed by atoms with van der Waals surface area (Å²) in [6, 6.07) is 13.7. The molecule has 0 saturated carbocycles. The molecule has 2 atom stereocenters. The van der Waals surface area contributed by atoms with Crippen LogP contribution in [-0.4, -0.2) is 29.9 Å². The van der Waals surface area contributed by atoms with Crippen LogP contribution in [0.15, 0.2) is 71.1 Å².